The van der Waals surface area contributed by atoms with E-state index in [2.05, 4.69) is 35.4 Å². The van der Waals surface area contributed by atoms with Crippen LogP contribution in [-0.2, 0) is 0 Å². The number of allylic oxidation sites excluding steroid dienone is 4. The zero-order chi connectivity index (χ0) is 16.4. The van der Waals surface area contributed by atoms with Gasteiger partial charge in [-0.2, -0.15) is 0 Å². The van der Waals surface area contributed by atoms with Gasteiger partial charge in [0.25, 0.3) is 5.91 Å². The molecule has 1 aromatic carbocycles. The molecule has 23 heavy (non-hydrogen) atoms. The number of nitrogens with one attached hydrogen (secondary N) is 1. The molecule has 0 fully saturated rings. The smallest absolute Gasteiger partial charge is 0.265 e. The van der Waals surface area contributed by atoms with Crippen LogP contribution >= 0.6 is 11.6 Å². The summed E-state index contributed by atoms with van der Waals surface area (Å²) in [4.78, 5) is 14.3. The molecule has 1 heterocycles. The van der Waals surface area contributed by atoms with Gasteiger partial charge in [0.15, 0.2) is 0 Å². The summed E-state index contributed by atoms with van der Waals surface area (Å²) in [6, 6.07) is 5.80. The second kappa shape index (κ2) is 6.60. The van der Waals surface area contributed by atoms with E-state index in [-0.39, 0.29) is 0 Å². The number of carbonyl (C=O) groups is 1. The maximum Gasteiger partial charge on any atom is 0.265 e. The van der Waals surface area contributed by atoms with Gasteiger partial charge in [0.1, 0.15) is 5.69 Å². The highest BCUT2D eigenvalue weighted by molar-refractivity contribution is 6.35. The molecule has 0 bridgehead atoms. The van der Waals surface area contributed by atoms with E-state index in [1.807, 2.05) is 6.07 Å². The molecule has 0 aliphatic heterocycles. The summed E-state index contributed by atoms with van der Waals surface area (Å²) < 4.78 is 0. The third-order valence-electron chi connectivity index (χ3n) is 4.40. The van der Waals surface area contributed by atoms with Gasteiger partial charge in [0, 0.05) is 5.39 Å². The molecule has 5 N–H and O–H groups in total. The average molecular weight is 330 g/mol. The number of aromatic nitrogens is 1. The van der Waals surface area contributed by atoms with Crippen LogP contribution in [0.4, 0.5) is 0 Å². The fraction of sp³-hybridized carbons (Fsp3) is 0.278. The van der Waals surface area contributed by atoms with E-state index >= 15 is 0 Å². The summed E-state index contributed by atoms with van der Waals surface area (Å²) in [7, 11) is 0. The second-order valence-corrected chi connectivity index (χ2v) is 6.32. The van der Waals surface area contributed by atoms with Crippen LogP contribution in [0.1, 0.15) is 34.8 Å². The first-order valence-corrected chi connectivity index (χ1v) is 8.13. The van der Waals surface area contributed by atoms with Crippen molar-refractivity contribution < 1.29 is 4.79 Å². The number of fused-ring (bicyclic) bond motifs is 1. The largest absolute Gasteiger partial charge is 0.364 e. The van der Waals surface area contributed by atoms with Crippen molar-refractivity contribution in [1.29, 1.82) is 0 Å². The molecule has 5 heteroatoms. The monoisotopic (exact) mass is 329 g/mol. The van der Waals surface area contributed by atoms with Gasteiger partial charge < -0.3 is 16.5 Å². The minimum Gasteiger partial charge on any atom is -0.364 e. The van der Waals surface area contributed by atoms with Crippen LogP contribution in [0.15, 0.2) is 42.5 Å². The van der Waals surface area contributed by atoms with Crippen LogP contribution in [-0.4, -0.2) is 17.4 Å². The Bertz CT molecular complexity index is 791. The molecule has 2 unspecified atom stereocenters. The molecule has 0 spiro atoms. The standard InChI is InChI=1S/C18H20ClN3O/c19-15-9-12(8-13-10-16(18(21)23)22-17(13)15)14(6-7-20)11-4-2-1-3-5-11/h1-4,8-11,14,22H,5-7,20H2,(H2,21,23). The number of aromatic amines is 1. The van der Waals surface area contributed by atoms with Crippen molar-refractivity contribution in [3.63, 3.8) is 0 Å². The molecule has 4 nitrogen and oxygen atoms in total. The third kappa shape index (κ3) is 3.19. The van der Waals surface area contributed by atoms with Gasteiger partial charge in [0.05, 0.1) is 10.5 Å². The van der Waals surface area contributed by atoms with Gasteiger partial charge in [-0.15, -0.1) is 0 Å². The van der Waals surface area contributed by atoms with E-state index in [9.17, 15) is 4.79 Å². The van der Waals surface area contributed by atoms with Crippen molar-refractivity contribution in [2.45, 2.75) is 18.8 Å². The van der Waals surface area contributed by atoms with Gasteiger partial charge in [-0.25, -0.2) is 0 Å². The zero-order valence-corrected chi connectivity index (χ0v) is 13.5. The average Bonchev–Trinajstić information content (AvgIpc) is 2.98. The molecule has 2 atom stereocenters. The number of hydrogen-bond donors (Lipinski definition) is 3. The van der Waals surface area contributed by atoms with Gasteiger partial charge >= 0.3 is 0 Å². The number of primary amides is 1. The summed E-state index contributed by atoms with van der Waals surface area (Å²) in [6.45, 7) is 0.619. The van der Waals surface area contributed by atoms with Gasteiger partial charge in [-0.1, -0.05) is 35.9 Å². The van der Waals surface area contributed by atoms with Crippen molar-refractivity contribution in [1.82, 2.24) is 4.98 Å². The molecule has 120 valence electrons. The predicted octanol–water partition coefficient (Wildman–Crippen LogP) is 3.48. The molecule has 0 saturated heterocycles. The molecule has 0 saturated carbocycles. The Balaban J connectivity index is 2.03. The van der Waals surface area contributed by atoms with E-state index in [0.717, 1.165) is 29.3 Å². The third-order valence-corrected chi connectivity index (χ3v) is 4.70. The van der Waals surface area contributed by atoms with Crippen molar-refractivity contribution in [2.24, 2.45) is 17.4 Å². The molecule has 1 aromatic heterocycles. The maximum atomic E-state index is 11.4. The van der Waals surface area contributed by atoms with Crippen molar-refractivity contribution in [2.75, 3.05) is 6.54 Å². The highest BCUT2D eigenvalue weighted by Crippen LogP contribution is 2.37. The number of H-pyrrole nitrogens is 1. The fourth-order valence-electron chi connectivity index (χ4n) is 3.27. The first-order valence-electron chi connectivity index (χ1n) is 7.75. The van der Waals surface area contributed by atoms with Gasteiger partial charge in [-0.05, 0) is 55.0 Å². The van der Waals surface area contributed by atoms with E-state index in [1.165, 1.54) is 0 Å². The van der Waals surface area contributed by atoms with Crippen LogP contribution in [0, 0.1) is 5.92 Å². The van der Waals surface area contributed by atoms with E-state index < -0.39 is 5.91 Å². The highest BCUT2D eigenvalue weighted by Gasteiger charge is 2.22. The number of rotatable bonds is 5. The number of nitrogens with two attached hydrogens (primary N) is 2. The summed E-state index contributed by atoms with van der Waals surface area (Å²) in [6.07, 6.45) is 10.4. The number of benzene rings is 1. The molecule has 1 aliphatic rings. The topological polar surface area (TPSA) is 84.9 Å². The van der Waals surface area contributed by atoms with Crippen molar-refractivity contribution >= 4 is 28.4 Å². The minimum atomic E-state index is -0.488. The number of carbonyl (C=O) groups excluding carboxylic acids is 1. The second-order valence-electron chi connectivity index (χ2n) is 5.91. The molecule has 2 aromatic rings. The summed E-state index contributed by atoms with van der Waals surface area (Å²) >= 11 is 6.42. The molecule has 0 radical (unpaired) electrons. The lowest BCUT2D eigenvalue weighted by Crippen LogP contribution is -2.16. The Kier molecular flexibility index (Phi) is 4.55. The van der Waals surface area contributed by atoms with Crippen molar-refractivity contribution in [3.05, 3.63) is 58.8 Å². The lowest BCUT2D eigenvalue weighted by molar-refractivity contribution is 0.0996. The SMILES string of the molecule is NCCC(c1cc(Cl)c2[nH]c(C(N)=O)cc2c1)C1C=CC=CC1. The van der Waals surface area contributed by atoms with Crippen LogP contribution < -0.4 is 11.5 Å². The van der Waals surface area contributed by atoms with E-state index in [0.29, 0.717) is 29.1 Å². The Morgan fingerprint density at radius 2 is 2.17 bits per heavy atom. The quantitative estimate of drug-likeness (QED) is 0.784. The van der Waals surface area contributed by atoms with Crippen LogP contribution in [0.5, 0.6) is 0 Å². The maximum absolute atomic E-state index is 11.4. The Morgan fingerprint density at radius 1 is 1.35 bits per heavy atom. The molecule has 1 amide bonds. The number of hydrogen-bond acceptors (Lipinski definition) is 2. The minimum absolute atomic E-state index is 0.301. The summed E-state index contributed by atoms with van der Waals surface area (Å²) in [5.41, 5.74) is 13.4. The predicted molar refractivity (Wildman–Crippen MR) is 94.6 cm³/mol. The fourth-order valence-corrected chi connectivity index (χ4v) is 3.56. The molecular weight excluding hydrogens is 310 g/mol. The first-order chi connectivity index (χ1) is 11.1. The first kappa shape index (κ1) is 15.8. The Hall–Kier alpha value is -2.04. The summed E-state index contributed by atoms with van der Waals surface area (Å²) in [5, 5.41) is 1.50. The lowest BCUT2D eigenvalue weighted by atomic mass is 9.80. The molecular formula is C18H20ClN3O. The Labute approximate surface area is 140 Å². The van der Waals surface area contributed by atoms with E-state index in [4.69, 9.17) is 23.1 Å². The Morgan fingerprint density at radius 3 is 2.83 bits per heavy atom. The lowest BCUT2D eigenvalue weighted by Gasteiger charge is -2.25. The molecule has 3 rings (SSSR count). The zero-order valence-electron chi connectivity index (χ0n) is 12.8. The number of amides is 1. The van der Waals surface area contributed by atoms with Crippen LogP contribution in [0.3, 0.4) is 0 Å². The van der Waals surface area contributed by atoms with Crippen LogP contribution in [0.25, 0.3) is 10.9 Å². The van der Waals surface area contributed by atoms with E-state index in [1.54, 1.807) is 6.07 Å². The highest BCUT2D eigenvalue weighted by atomic mass is 35.5. The summed E-state index contributed by atoms with van der Waals surface area (Å²) in [5.74, 6) is 0.222. The molecule has 1 aliphatic carbocycles. The van der Waals surface area contributed by atoms with Crippen molar-refractivity contribution in [3.8, 4) is 0 Å². The normalized spacial score (nSPS) is 18.4. The van der Waals surface area contributed by atoms with Gasteiger partial charge in [-0.3, -0.25) is 4.79 Å². The number of halogens is 1. The van der Waals surface area contributed by atoms with Gasteiger partial charge in [0.2, 0.25) is 0 Å². The van der Waals surface area contributed by atoms with Crippen LogP contribution in [0.2, 0.25) is 5.02 Å².